The van der Waals surface area contributed by atoms with Gasteiger partial charge in [-0.05, 0) is 18.9 Å². The zero-order valence-corrected chi connectivity index (χ0v) is 14.8. The summed E-state index contributed by atoms with van der Waals surface area (Å²) in [6.45, 7) is 2.56. The number of nitrogens with one attached hydrogen (secondary N) is 1. The van der Waals surface area contributed by atoms with Gasteiger partial charge in [0.05, 0.1) is 18.2 Å². The summed E-state index contributed by atoms with van der Waals surface area (Å²) in [5.41, 5.74) is 3.41. The Hall–Kier alpha value is -3.16. The summed E-state index contributed by atoms with van der Waals surface area (Å²) < 4.78 is 5.04. The van der Waals surface area contributed by atoms with E-state index in [0.717, 1.165) is 5.56 Å². The highest BCUT2D eigenvalue weighted by molar-refractivity contribution is 6.32. The van der Waals surface area contributed by atoms with Crippen LogP contribution in [0, 0.1) is 0 Å². The fourth-order valence-electron chi connectivity index (χ4n) is 3.44. The molecule has 8 heteroatoms. The van der Waals surface area contributed by atoms with Crippen molar-refractivity contribution >= 4 is 41.9 Å². The van der Waals surface area contributed by atoms with Crippen molar-refractivity contribution in [1.29, 1.82) is 0 Å². The molecular weight excluding hydrogens is 343 g/mol. The van der Waals surface area contributed by atoms with Crippen molar-refractivity contribution in [2.45, 2.75) is 19.3 Å². The number of carbonyl (C=O) groups is 2. The van der Waals surface area contributed by atoms with Crippen LogP contribution in [0.15, 0.2) is 36.8 Å². The average Bonchev–Trinajstić information content (AvgIpc) is 3.26. The van der Waals surface area contributed by atoms with Crippen molar-refractivity contribution in [3.63, 3.8) is 0 Å². The molecule has 1 aromatic carbocycles. The van der Waals surface area contributed by atoms with Crippen molar-refractivity contribution in [2.24, 2.45) is 0 Å². The van der Waals surface area contributed by atoms with Crippen LogP contribution in [0.3, 0.4) is 0 Å². The topological polar surface area (TPSA) is 88.2 Å². The molecule has 1 N–H and O–H groups in total. The number of esters is 1. The predicted molar refractivity (Wildman–Crippen MR) is 101 cm³/mol. The summed E-state index contributed by atoms with van der Waals surface area (Å²) in [6, 6.07) is 7.38. The molecule has 3 aromatic rings. The lowest BCUT2D eigenvalue weighted by atomic mass is 9.91. The summed E-state index contributed by atoms with van der Waals surface area (Å²) in [5, 5.41) is 0. The molecule has 1 saturated heterocycles. The highest BCUT2D eigenvalue weighted by Gasteiger charge is 2.35. The van der Waals surface area contributed by atoms with Gasteiger partial charge in [-0.2, -0.15) is 0 Å². The van der Waals surface area contributed by atoms with Crippen LogP contribution in [0.25, 0.3) is 11.0 Å². The molecule has 4 rings (SSSR count). The van der Waals surface area contributed by atoms with Crippen molar-refractivity contribution in [2.75, 3.05) is 18.1 Å². The number of anilines is 1. The molecule has 2 radical (unpaired) electrons. The molecule has 27 heavy (non-hydrogen) atoms. The summed E-state index contributed by atoms with van der Waals surface area (Å²) >= 11 is 0. The molecule has 0 spiro atoms. The molecule has 1 atom stereocenters. The van der Waals surface area contributed by atoms with Gasteiger partial charge in [0, 0.05) is 12.7 Å². The minimum absolute atomic E-state index is 0.00281. The van der Waals surface area contributed by atoms with Crippen LogP contribution < -0.4 is 10.4 Å². The quantitative estimate of drug-likeness (QED) is 0.562. The third kappa shape index (κ3) is 2.97. The van der Waals surface area contributed by atoms with E-state index in [-0.39, 0.29) is 24.1 Å². The van der Waals surface area contributed by atoms with Gasteiger partial charge in [-0.3, -0.25) is 4.79 Å². The molecule has 0 saturated carbocycles. The van der Waals surface area contributed by atoms with Crippen molar-refractivity contribution in [3.05, 3.63) is 48.0 Å². The number of hydrogen-bond acceptors (Lipinski definition) is 5. The first-order valence-corrected chi connectivity index (χ1v) is 8.76. The SMILES string of the molecule is [B]c1ccc(C2CCN(c3c[nH]c4c(C(=O)OCC)ncnc34)C2=O)cc1. The molecule has 7 nitrogen and oxygen atoms in total. The van der Waals surface area contributed by atoms with Gasteiger partial charge in [0.1, 0.15) is 25.2 Å². The Balaban J connectivity index is 1.67. The monoisotopic (exact) mass is 360 g/mol. The third-order valence-electron chi connectivity index (χ3n) is 4.75. The molecule has 1 fully saturated rings. The lowest BCUT2D eigenvalue weighted by molar-refractivity contribution is -0.118. The third-order valence-corrected chi connectivity index (χ3v) is 4.75. The van der Waals surface area contributed by atoms with Gasteiger partial charge in [-0.1, -0.05) is 29.7 Å². The van der Waals surface area contributed by atoms with Crippen molar-refractivity contribution in [3.8, 4) is 0 Å². The predicted octanol–water partition coefficient (Wildman–Crippen LogP) is 1.45. The number of hydrogen-bond donors (Lipinski definition) is 1. The second kappa shape index (κ2) is 6.87. The highest BCUT2D eigenvalue weighted by atomic mass is 16.5. The fourth-order valence-corrected chi connectivity index (χ4v) is 3.44. The second-order valence-corrected chi connectivity index (χ2v) is 6.34. The van der Waals surface area contributed by atoms with E-state index in [2.05, 4.69) is 15.0 Å². The van der Waals surface area contributed by atoms with E-state index >= 15 is 0 Å². The molecule has 0 bridgehead atoms. The molecule has 2 aromatic heterocycles. The van der Waals surface area contributed by atoms with E-state index < -0.39 is 5.97 Å². The zero-order valence-electron chi connectivity index (χ0n) is 14.8. The van der Waals surface area contributed by atoms with Crippen LogP contribution in [-0.4, -0.2) is 47.8 Å². The normalized spacial score (nSPS) is 16.9. The number of carbonyl (C=O) groups excluding carboxylic acids is 2. The Morgan fingerprint density at radius 1 is 1.33 bits per heavy atom. The number of aromatic nitrogens is 3. The van der Waals surface area contributed by atoms with Crippen molar-refractivity contribution < 1.29 is 14.3 Å². The average molecular weight is 360 g/mol. The minimum atomic E-state index is -0.522. The van der Waals surface area contributed by atoms with Crippen molar-refractivity contribution in [1.82, 2.24) is 15.0 Å². The molecule has 1 amide bonds. The fraction of sp³-hybridized carbons (Fsp3) is 0.263. The lowest BCUT2D eigenvalue weighted by Crippen LogP contribution is -2.26. The number of H-pyrrole nitrogens is 1. The maximum absolute atomic E-state index is 13.0. The van der Waals surface area contributed by atoms with Crippen LogP contribution in [0.5, 0.6) is 0 Å². The van der Waals surface area contributed by atoms with Gasteiger partial charge in [-0.15, -0.1) is 0 Å². The van der Waals surface area contributed by atoms with Gasteiger partial charge in [-0.25, -0.2) is 14.8 Å². The van der Waals surface area contributed by atoms with Crippen LogP contribution in [0.2, 0.25) is 0 Å². The maximum atomic E-state index is 13.0. The zero-order chi connectivity index (χ0) is 19.0. The van der Waals surface area contributed by atoms with Gasteiger partial charge in [0.2, 0.25) is 5.91 Å². The molecule has 1 aliphatic rings. The number of ether oxygens (including phenoxy) is 1. The molecular formula is C19H17BN4O3. The van der Waals surface area contributed by atoms with Gasteiger partial charge in [0.25, 0.3) is 0 Å². The van der Waals surface area contributed by atoms with E-state index in [1.165, 1.54) is 6.33 Å². The highest BCUT2D eigenvalue weighted by Crippen LogP contribution is 2.35. The van der Waals surface area contributed by atoms with E-state index in [1.54, 1.807) is 30.2 Å². The number of amides is 1. The molecule has 1 unspecified atom stereocenters. The Morgan fingerprint density at radius 3 is 2.85 bits per heavy atom. The summed E-state index contributed by atoms with van der Waals surface area (Å²) in [5.74, 6) is -0.746. The maximum Gasteiger partial charge on any atom is 0.359 e. The van der Waals surface area contributed by atoms with Crippen LogP contribution in [-0.2, 0) is 9.53 Å². The number of benzene rings is 1. The minimum Gasteiger partial charge on any atom is -0.461 e. The number of fused-ring (bicyclic) bond motifs is 1. The standard InChI is InChI=1S/C19H17BN4O3/c1-2-27-19(26)17-16-15(22-10-23-17)14(9-21-16)24-8-7-13(18(24)25)11-3-5-12(20)6-4-11/h3-6,9-10,13,21H,2,7-8H2,1H3. The first kappa shape index (κ1) is 17.3. The Kier molecular flexibility index (Phi) is 4.39. The van der Waals surface area contributed by atoms with Crippen LogP contribution in [0.1, 0.15) is 35.3 Å². The number of nitrogens with zero attached hydrogens (tertiary/aromatic N) is 3. The summed E-state index contributed by atoms with van der Waals surface area (Å²) in [4.78, 5) is 38.1. The van der Waals surface area contributed by atoms with E-state index in [0.29, 0.717) is 35.1 Å². The molecule has 3 heterocycles. The van der Waals surface area contributed by atoms with E-state index in [4.69, 9.17) is 12.6 Å². The summed E-state index contributed by atoms with van der Waals surface area (Å²) in [6.07, 6.45) is 3.69. The first-order valence-electron chi connectivity index (χ1n) is 8.76. The Bertz CT molecular complexity index is 1020. The molecule has 0 aliphatic carbocycles. The van der Waals surface area contributed by atoms with Gasteiger partial charge in [0.15, 0.2) is 5.69 Å². The lowest BCUT2D eigenvalue weighted by Gasteiger charge is -2.15. The molecule has 134 valence electrons. The Labute approximate surface area is 157 Å². The van der Waals surface area contributed by atoms with E-state index in [1.807, 2.05) is 12.1 Å². The van der Waals surface area contributed by atoms with Gasteiger partial charge < -0.3 is 14.6 Å². The number of aromatic amines is 1. The summed E-state index contributed by atoms with van der Waals surface area (Å²) in [7, 11) is 5.74. The largest absolute Gasteiger partial charge is 0.461 e. The molecule has 1 aliphatic heterocycles. The smallest absolute Gasteiger partial charge is 0.359 e. The second-order valence-electron chi connectivity index (χ2n) is 6.34. The van der Waals surface area contributed by atoms with Crippen LogP contribution >= 0.6 is 0 Å². The Morgan fingerprint density at radius 2 is 2.11 bits per heavy atom. The number of rotatable bonds is 4. The van der Waals surface area contributed by atoms with E-state index in [9.17, 15) is 9.59 Å². The van der Waals surface area contributed by atoms with Gasteiger partial charge >= 0.3 is 5.97 Å². The first-order chi connectivity index (χ1) is 13.1. The van der Waals surface area contributed by atoms with Crippen LogP contribution in [0.4, 0.5) is 5.69 Å².